The van der Waals surface area contributed by atoms with Gasteiger partial charge in [0, 0.05) is 13.1 Å². The molecule has 2 fully saturated rings. The van der Waals surface area contributed by atoms with Gasteiger partial charge < -0.3 is 19.5 Å². The van der Waals surface area contributed by atoms with Crippen LogP contribution in [0, 0.1) is 0 Å². The van der Waals surface area contributed by atoms with Gasteiger partial charge in [-0.2, -0.15) is 0 Å². The van der Waals surface area contributed by atoms with Crippen molar-refractivity contribution in [2.24, 2.45) is 0 Å². The van der Waals surface area contributed by atoms with Gasteiger partial charge in [0.25, 0.3) is 0 Å². The van der Waals surface area contributed by atoms with Crippen molar-refractivity contribution in [1.29, 1.82) is 0 Å². The van der Waals surface area contributed by atoms with Crippen LogP contribution >= 0.6 is 15.9 Å². The van der Waals surface area contributed by atoms with E-state index in [1.54, 1.807) is 6.07 Å². The zero-order valence-corrected chi connectivity index (χ0v) is 25.6. The molecule has 2 aliphatic rings. The van der Waals surface area contributed by atoms with Crippen LogP contribution in [0.3, 0.4) is 0 Å². The van der Waals surface area contributed by atoms with Gasteiger partial charge >= 0.3 is 5.97 Å². The standard InChI is InChI=1S/C33H38BrN3O5/c1-41-32-27(33(39)40)19-14-23(31(32)34)22-30(38)35-37(29-13-7-6-12-28(29)36-20-8-3-9-21-36)24-15-17-26(18-16-24)42-25-10-4-2-5-11-25/h6-7,12-19,25H,2-5,8-11,20-22H2,1H3,(H,35,38)(H,39,40). The number of ether oxygens (including phenoxy) is 2. The first-order valence-electron chi connectivity index (χ1n) is 14.7. The van der Waals surface area contributed by atoms with Crippen molar-refractivity contribution in [3.05, 3.63) is 76.3 Å². The number of carbonyl (C=O) groups is 2. The second-order valence-electron chi connectivity index (χ2n) is 10.9. The summed E-state index contributed by atoms with van der Waals surface area (Å²) in [5.41, 5.74) is 6.53. The second kappa shape index (κ2) is 14.0. The Morgan fingerprint density at radius 2 is 1.64 bits per heavy atom. The fraction of sp³-hybridized carbons (Fsp3) is 0.394. The summed E-state index contributed by atoms with van der Waals surface area (Å²) in [6.45, 7) is 1.94. The predicted octanol–water partition coefficient (Wildman–Crippen LogP) is 7.27. The monoisotopic (exact) mass is 635 g/mol. The quantitative estimate of drug-likeness (QED) is 0.226. The van der Waals surface area contributed by atoms with E-state index in [0.717, 1.165) is 61.6 Å². The van der Waals surface area contributed by atoms with Crippen LogP contribution in [0.15, 0.2) is 65.1 Å². The number of hydrazine groups is 1. The summed E-state index contributed by atoms with van der Waals surface area (Å²) in [5.74, 6) is -0.332. The zero-order chi connectivity index (χ0) is 29.5. The summed E-state index contributed by atoms with van der Waals surface area (Å²) in [6, 6.07) is 19.1. The Bertz CT molecular complexity index is 1380. The number of hydrogen-bond acceptors (Lipinski definition) is 6. The Labute approximate surface area is 255 Å². The highest BCUT2D eigenvalue weighted by atomic mass is 79.9. The predicted molar refractivity (Wildman–Crippen MR) is 168 cm³/mol. The Kier molecular flexibility index (Phi) is 9.89. The molecule has 0 bridgehead atoms. The maximum Gasteiger partial charge on any atom is 0.339 e. The van der Waals surface area contributed by atoms with Crippen LogP contribution in [0.5, 0.6) is 11.5 Å². The van der Waals surface area contributed by atoms with Crippen LogP contribution in [0.4, 0.5) is 17.1 Å². The lowest BCUT2D eigenvalue weighted by molar-refractivity contribution is -0.120. The summed E-state index contributed by atoms with van der Waals surface area (Å²) in [6.07, 6.45) is 9.62. The molecule has 5 rings (SSSR count). The lowest BCUT2D eigenvalue weighted by atomic mass is 9.98. The summed E-state index contributed by atoms with van der Waals surface area (Å²) in [7, 11) is 1.41. The van der Waals surface area contributed by atoms with Crippen molar-refractivity contribution in [3.63, 3.8) is 0 Å². The Hall–Kier alpha value is -3.72. The largest absolute Gasteiger partial charge is 0.495 e. The molecule has 42 heavy (non-hydrogen) atoms. The third-order valence-electron chi connectivity index (χ3n) is 7.97. The summed E-state index contributed by atoms with van der Waals surface area (Å²) in [4.78, 5) is 27.6. The Balaban J connectivity index is 1.43. The number of carbonyl (C=O) groups excluding carboxylic acids is 1. The van der Waals surface area contributed by atoms with Crippen LogP contribution < -0.4 is 24.8 Å². The Morgan fingerprint density at radius 1 is 0.952 bits per heavy atom. The van der Waals surface area contributed by atoms with Crippen molar-refractivity contribution < 1.29 is 24.2 Å². The lowest BCUT2D eigenvalue weighted by Crippen LogP contribution is -2.41. The number of benzene rings is 3. The van der Waals surface area contributed by atoms with Crippen molar-refractivity contribution in [1.82, 2.24) is 5.43 Å². The van der Waals surface area contributed by atoms with Gasteiger partial charge in [-0.25, -0.2) is 4.79 Å². The number of methoxy groups -OCH3 is 1. The number of anilines is 3. The van der Waals surface area contributed by atoms with Gasteiger partial charge in [0.15, 0.2) is 0 Å². The molecular formula is C33H38BrN3O5. The van der Waals surface area contributed by atoms with Crippen molar-refractivity contribution in [3.8, 4) is 11.5 Å². The van der Waals surface area contributed by atoms with Gasteiger partial charge in [-0.1, -0.05) is 24.6 Å². The number of amides is 1. The Morgan fingerprint density at radius 3 is 2.33 bits per heavy atom. The first kappa shape index (κ1) is 29.8. The molecule has 9 heteroatoms. The van der Waals surface area contributed by atoms with Crippen LogP contribution in [0.1, 0.15) is 67.3 Å². The average molecular weight is 637 g/mol. The number of para-hydroxylation sites is 2. The molecule has 1 aliphatic carbocycles. The first-order chi connectivity index (χ1) is 20.4. The molecule has 8 nitrogen and oxygen atoms in total. The van der Waals surface area contributed by atoms with E-state index in [2.05, 4.69) is 32.3 Å². The van der Waals surface area contributed by atoms with Crippen molar-refractivity contribution in [2.75, 3.05) is 30.1 Å². The zero-order valence-electron chi connectivity index (χ0n) is 24.0. The van der Waals surface area contributed by atoms with E-state index < -0.39 is 5.97 Å². The third kappa shape index (κ3) is 7.01. The van der Waals surface area contributed by atoms with E-state index in [1.165, 1.54) is 38.9 Å². The van der Waals surface area contributed by atoms with Crippen LogP contribution in [0.25, 0.3) is 0 Å². The minimum Gasteiger partial charge on any atom is -0.495 e. The number of piperidine rings is 1. The molecule has 0 spiro atoms. The second-order valence-corrected chi connectivity index (χ2v) is 11.7. The molecule has 2 N–H and O–H groups in total. The van der Waals surface area contributed by atoms with Gasteiger partial charge in [-0.05, 0) is 109 Å². The number of carboxylic acids is 1. The number of rotatable bonds is 10. The van der Waals surface area contributed by atoms with E-state index in [1.807, 2.05) is 47.5 Å². The molecule has 3 aromatic rings. The van der Waals surface area contributed by atoms with E-state index in [-0.39, 0.29) is 29.7 Å². The number of halogens is 1. The number of aromatic carboxylic acids is 1. The highest BCUT2D eigenvalue weighted by molar-refractivity contribution is 9.10. The van der Waals surface area contributed by atoms with E-state index >= 15 is 0 Å². The van der Waals surface area contributed by atoms with E-state index in [0.29, 0.717) is 10.0 Å². The van der Waals surface area contributed by atoms with Crippen LogP contribution in [0.2, 0.25) is 0 Å². The maximum absolute atomic E-state index is 13.6. The molecule has 0 atom stereocenters. The molecule has 1 saturated carbocycles. The minimum atomic E-state index is -1.10. The van der Waals surface area contributed by atoms with Crippen LogP contribution in [-0.4, -0.2) is 43.3 Å². The number of nitrogens with zero attached hydrogens (tertiary/aromatic N) is 2. The van der Waals surface area contributed by atoms with Crippen LogP contribution in [-0.2, 0) is 11.2 Å². The number of carboxylic acid groups (broad SMARTS) is 1. The fourth-order valence-electron chi connectivity index (χ4n) is 5.81. The molecule has 1 aliphatic heterocycles. The normalized spacial score (nSPS) is 15.6. The van der Waals surface area contributed by atoms with Gasteiger partial charge in [-0.3, -0.25) is 15.2 Å². The number of nitrogens with one attached hydrogen (secondary N) is 1. The van der Waals surface area contributed by atoms with E-state index in [4.69, 9.17) is 9.47 Å². The average Bonchev–Trinajstić information content (AvgIpc) is 3.02. The smallest absolute Gasteiger partial charge is 0.339 e. The SMILES string of the molecule is COc1c(C(=O)O)ccc(CC(=O)NN(c2ccc(OC3CCCCC3)cc2)c2ccccc2N2CCCCC2)c1Br. The molecular weight excluding hydrogens is 598 g/mol. The fourth-order valence-corrected chi connectivity index (χ4v) is 6.45. The van der Waals surface area contributed by atoms with E-state index in [9.17, 15) is 14.7 Å². The van der Waals surface area contributed by atoms with Gasteiger partial charge in [-0.15, -0.1) is 0 Å². The highest BCUT2D eigenvalue weighted by Crippen LogP contribution is 2.36. The molecule has 1 heterocycles. The third-order valence-corrected chi connectivity index (χ3v) is 8.84. The van der Waals surface area contributed by atoms with Gasteiger partial charge in [0.1, 0.15) is 17.1 Å². The van der Waals surface area contributed by atoms with Gasteiger partial charge in [0.05, 0.1) is 41.2 Å². The van der Waals surface area contributed by atoms with Crippen molar-refractivity contribution in [2.45, 2.75) is 63.9 Å². The molecule has 1 saturated heterocycles. The van der Waals surface area contributed by atoms with Gasteiger partial charge in [0.2, 0.25) is 5.91 Å². The summed E-state index contributed by atoms with van der Waals surface area (Å²) >= 11 is 3.45. The topological polar surface area (TPSA) is 91.3 Å². The lowest BCUT2D eigenvalue weighted by Gasteiger charge is -2.34. The summed E-state index contributed by atoms with van der Waals surface area (Å²) in [5, 5.41) is 11.4. The first-order valence-corrected chi connectivity index (χ1v) is 15.5. The maximum atomic E-state index is 13.6. The highest BCUT2D eigenvalue weighted by Gasteiger charge is 2.23. The number of hydrogen-bond donors (Lipinski definition) is 2. The minimum absolute atomic E-state index is 0.0160. The molecule has 0 aromatic heterocycles. The van der Waals surface area contributed by atoms with Crippen molar-refractivity contribution >= 4 is 44.9 Å². The molecule has 222 valence electrons. The molecule has 0 radical (unpaired) electrons. The molecule has 3 aromatic carbocycles. The molecule has 1 amide bonds. The molecule has 0 unspecified atom stereocenters. The summed E-state index contributed by atoms with van der Waals surface area (Å²) < 4.78 is 12.1.